The molecule has 0 fully saturated rings. The van der Waals surface area contributed by atoms with E-state index in [1.165, 1.54) is 0 Å². The number of pyridine rings is 1. The van der Waals surface area contributed by atoms with E-state index in [1.807, 2.05) is 25.1 Å². The van der Waals surface area contributed by atoms with Gasteiger partial charge in [-0.05, 0) is 44.9 Å². The van der Waals surface area contributed by atoms with Crippen molar-refractivity contribution in [2.45, 2.75) is 39.8 Å². The zero-order valence-electron chi connectivity index (χ0n) is 14.2. The van der Waals surface area contributed by atoms with E-state index in [2.05, 4.69) is 54.3 Å². The fourth-order valence-corrected chi connectivity index (χ4v) is 2.74. The first kappa shape index (κ1) is 15.5. The molecule has 0 unspecified atom stereocenters. The SMILES string of the molecule is Cc1cc(C)c(C2=NCC(C)(C)N2)c(OCc2ccccc2)n1. The van der Waals surface area contributed by atoms with E-state index in [4.69, 9.17) is 4.74 Å². The van der Waals surface area contributed by atoms with Gasteiger partial charge in [-0.25, -0.2) is 4.98 Å². The first-order chi connectivity index (χ1) is 10.9. The van der Waals surface area contributed by atoms with Crippen molar-refractivity contribution in [2.24, 2.45) is 4.99 Å². The number of amidine groups is 1. The maximum Gasteiger partial charge on any atom is 0.225 e. The molecule has 0 bridgehead atoms. The quantitative estimate of drug-likeness (QED) is 0.941. The fourth-order valence-electron chi connectivity index (χ4n) is 2.74. The summed E-state index contributed by atoms with van der Waals surface area (Å²) < 4.78 is 6.03. The molecule has 0 aliphatic carbocycles. The number of aliphatic imine (C=N–C) groups is 1. The van der Waals surface area contributed by atoms with E-state index in [0.29, 0.717) is 12.5 Å². The predicted molar refractivity (Wildman–Crippen MR) is 93.1 cm³/mol. The summed E-state index contributed by atoms with van der Waals surface area (Å²) in [5.41, 5.74) is 4.15. The number of rotatable bonds is 4. The molecule has 0 saturated carbocycles. The lowest BCUT2D eigenvalue weighted by atomic mass is 10.1. The molecule has 120 valence electrons. The Kier molecular flexibility index (Phi) is 4.07. The summed E-state index contributed by atoms with van der Waals surface area (Å²) in [6.45, 7) is 9.61. The van der Waals surface area contributed by atoms with Crippen molar-refractivity contribution in [1.82, 2.24) is 10.3 Å². The topological polar surface area (TPSA) is 46.5 Å². The molecule has 2 heterocycles. The third-order valence-electron chi connectivity index (χ3n) is 3.86. The van der Waals surface area contributed by atoms with Gasteiger partial charge in [-0.2, -0.15) is 0 Å². The average Bonchev–Trinajstić information content (AvgIpc) is 2.85. The lowest BCUT2D eigenvalue weighted by Crippen LogP contribution is -2.40. The van der Waals surface area contributed by atoms with E-state index >= 15 is 0 Å². The Hall–Kier alpha value is -2.36. The molecule has 1 aliphatic rings. The summed E-state index contributed by atoms with van der Waals surface area (Å²) in [5.74, 6) is 1.53. The minimum absolute atomic E-state index is 0.0244. The molecule has 1 aliphatic heterocycles. The molecule has 3 rings (SSSR count). The monoisotopic (exact) mass is 309 g/mol. The maximum absolute atomic E-state index is 6.03. The second-order valence-corrected chi connectivity index (χ2v) is 6.71. The lowest BCUT2D eigenvalue weighted by Gasteiger charge is -2.20. The van der Waals surface area contributed by atoms with Crippen LogP contribution in [0.2, 0.25) is 0 Å². The molecule has 0 spiro atoms. The second kappa shape index (κ2) is 6.03. The highest BCUT2D eigenvalue weighted by molar-refractivity contribution is 6.03. The van der Waals surface area contributed by atoms with Crippen LogP contribution in [0.5, 0.6) is 5.88 Å². The molecule has 0 radical (unpaired) electrons. The Morgan fingerprint density at radius 3 is 2.57 bits per heavy atom. The minimum Gasteiger partial charge on any atom is -0.472 e. The minimum atomic E-state index is -0.0244. The van der Waals surface area contributed by atoms with Crippen molar-refractivity contribution >= 4 is 5.84 Å². The second-order valence-electron chi connectivity index (χ2n) is 6.71. The molecular formula is C19H23N3O. The molecule has 0 amide bonds. The highest BCUT2D eigenvalue weighted by Crippen LogP contribution is 2.25. The van der Waals surface area contributed by atoms with Crippen LogP contribution in [-0.2, 0) is 6.61 Å². The Bertz CT molecular complexity index is 736. The Morgan fingerprint density at radius 2 is 1.91 bits per heavy atom. The number of nitrogens with zero attached hydrogens (tertiary/aromatic N) is 2. The van der Waals surface area contributed by atoms with Crippen LogP contribution in [0.1, 0.15) is 36.2 Å². The van der Waals surface area contributed by atoms with E-state index in [-0.39, 0.29) is 5.54 Å². The molecule has 0 atom stereocenters. The number of ether oxygens (including phenoxy) is 1. The van der Waals surface area contributed by atoms with E-state index in [1.54, 1.807) is 0 Å². The molecule has 2 aromatic rings. The standard InChI is InChI=1S/C19H23N3O/c1-13-10-14(2)21-18(23-11-15-8-6-5-7-9-15)16(13)17-20-12-19(3,4)22-17/h5-10H,11-12H2,1-4H3,(H,20,22). The van der Waals surface area contributed by atoms with Crippen LogP contribution in [0.15, 0.2) is 41.4 Å². The van der Waals surface area contributed by atoms with Crippen LogP contribution in [0.25, 0.3) is 0 Å². The Morgan fingerprint density at radius 1 is 1.17 bits per heavy atom. The van der Waals surface area contributed by atoms with Crippen molar-refractivity contribution in [1.29, 1.82) is 0 Å². The van der Waals surface area contributed by atoms with Crippen LogP contribution in [0.3, 0.4) is 0 Å². The van der Waals surface area contributed by atoms with Crippen molar-refractivity contribution < 1.29 is 4.74 Å². The summed E-state index contributed by atoms with van der Waals surface area (Å²) in [4.78, 5) is 9.25. The first-order valence-corrected chi connectivity index (χ1v) is 7.92. The highest BCUT2D eigenvalue weighted by atomic mass is 16.5. The van der Waals surface area contributed by atoms with E-state index < -0.39 is 0 Å². The van der Waals surface area contributed by atoms with Crippen molar-refractivity contribution in [3.63, 3.8) is 0 Å². The van der Waals surface area contributed by atoms with Gasteiger partial charge in [0.1, 0.15) is 12.4 Å². The number of hydrogen-bond donors (Lipinski definition) is 1. The molecular weight excluding hydrogens is 286 g/mol. The van der Waals surface area contributed by atoms with Crippen LogP contribution in [0, 0.1) is 13.8 Å². The van der Waals surface area contributed by atoms with Gasteiger partial charge in [0.2, 0.25) is 5.88 Å². The molecule has 1 N–H and O–H groups in total. The maximum atomic E-state index is 6.03. The van der Waals surface area contributed by atoms with Gasteiger partial charge in [0.25, 0.3) is 0 Å². The summed E-state index contributed by atoms with van der Waals surface area (Å²) in [5, 5.41) is 3.48. The molecule has 0 saturated heterocycles. The van der Waals surface area contributed by atoms with Crippen LogP contribution >= 0.6 is 0 Å². The van der Waals surface area contributed by atoms with Crippen LogP contribution in [0.4, 0.5) is 0 Å². The number of aromatic nitrogens is 1. The average molecular weight is 309 g/mol. The predicted octanol–water partition coefficient (Wildman–Crippen LogP) is 3.41. The molecule has 4 heteroatoms. The van der Waals surface area contributed by atoms with Gasteiger partial charge in [-0.15, -0.1) is 0 Å². The molecule has 1 aromatic heterocycles. The highest BCUT2D eigenvalue weighted by Gasteiger charge is 2.28. The summed E-state index contributed by atoms with van der Waals surface area (Å²) in [6.07, 6.45) is 0. The Balaban J connectivity index is 1.90. The zero-order valence-corrected chi connectivity index (χ0v) is 14.2. The normalized spacial score (nSPS) is 15.9. The number of hydrogen-bond acceptors (Lipinski definition) is 4. The molecule has 1 aromatic carbocycles. The van der Waals surface area contributed by atoms with Gasteiger partial charge in [0, 0.05) is 5.69 Å². The largest absolute Gasteiger partial charge is 0.472 e. The number of aryl methyl sites for hydroxylation is 2. The van der Waals surface area contributed by atoms with Gasteiger partial charge < -0.3 is 10.1 Å². The van der Waals surface area contributed by atoms with E-state index in [9.17, 15) is 0 Å². The first-order valence-electron chi connectivity index (χ1n) is 7.92. The number of nitrogens with one attached hydrogen (secondary N) is 1. The van der Waals surface area contributed by atoms with Gasteiger partial charge in [0.05, 0.1) is 17.6 Å². The van der Waals surface area contributed by atoms with Crippen LogP contribution < -0.4 is 10.1 Å². The third kappa shape index (κ3) is 3.52. The Labute approximate surface area is 137 Å². The number of benzene rings is 1. The summed E-state index contributed by atoms with van der Waals surface area (Å²) in [7, 11) is 0. The zero-order chi connectivity index (χ0) is 16.4. The van der Waals surface area contributed by atoms with Crippen LogP contribution in [-0.4, -0.2) is 22.9 Å². The summed E-state index contributed by atoms with van der Waals surface area (Å²) in [6, 6.07) is 12.2. The van der Waals surface area contributed by atoms with Gasteiger partial charge >= 0.3 is 0 Å². The lowest BCUT2D eigenvalue weighted by molar-refractivity contribution is 0.292. The molecule has 23 heavy (non-hydrogen) atoms. The van der Waals surface area contributed by atoms with Gasteiger partial charge in [0.15, 0.2) is 0 Å². The third-order valence-corrected chi connectivity index (χ3v) is 3.86. The van der Waals surface area contributed by atoms with Crippen molar-refractivity contribution in [2.75, 3.05) is 6.54 Å². The summed E-state index contributed by atoms with van der Waals surface area (Å²) >= 11 is 0. The van der Waals surface area contributed by atoms with E-state index in [0.717, 1.165) is 34.8 Å². The molecule has 4 nitrogen and oxygen atoms in total. The van der Waals surface area contributed by atoms with Gasteiger partial charge in [-0.3, -0.25) is 4.99 Å². The van der Waals surface area contributed by atoms with Crippen molar-refractivity contribution in [3.8, 4) is 5.88 Å². The van der Waals surface area contributed by atoms with Crippen molar-refractivity contribution in [3.05, 3.63) is 58.8 Å². The smallest absolute Gasteiger partial charge is 0.225 e. The fraction of sp³-hybridized carbons (Fsp3) is 0.368. The van der Waals surface area contributed by atoms with Gasteiger partial charge in [-0.1, -0.05) is 30.3 Å².